The van der Waals surface area contributed by atoms with Crippen LogP contribution in [0.1, 0.15) is 42.6 Å². The highest BCUT2D eigenvalue weighted by molar-refractivity contribution is 6.30. The van der Waals surface area contributed by atoms with Crippen molar-refractivity contribution in [3.63, 3.8) is 0 Å². The van der Waals surface area contributed by atoms with Crippen molar-refractivity contribution in [2.45, 2.75) is 32.6 Å². The van der Waals surface area contributed by atoms with Gasteiger partial charge >= 0.3 is 0 Å². The number of hydrogen-bond donors (Lipinski definition) is 1. The van der Waals surface area contributed by atoms with Crippen LogP contribution < -0.4 is 5.32 Å². The van der Waals surface area contributed by atoms with Crippen LogP contribution in [0, 0.1) is 0 Å². The molecule has 2 aromatic carbocycles. The van der Waals surface area contributed by atoms with E-state index in [9.17, 15) is 4.79 Å². The van der Waals surface area contributed by atoms with Crippen LogP contribution in [-0.2, 0) is 11.8 Å². The number of rotatable bonds is 5. The van der Waals surface area contributed by atoms with Crippen molar-refractivity contribution in [2.75, 3.05) is 6.54 Å². The minimum absolute atomic E-state index is 0.0642. The van der Waals surface area contributed by atoms with E-state index in [2.05, 4.69) is 36.2 Å². The van der Waals surface area contributed by atoms with E-state index in [1.807, 2.05) is 36.4 Å². The molecule has 1 aromatic heterocycles. The van der Waals surface area contributed by atoms with Gasteiger partial charge < -0.3 is 9.84 Å². The molecule has 0 aliphatic rings. The van der Waals surface area contributed by atoms with Gasteiger partial charge in [-0.2, -0.15) is 4.98 Å². The number of hydrogen-bond acceptors (Lipinski definition) is 4. The van der Waals surface area contributed by atoms with E-state index >= 15 is 0 Å². The second kappa shape index (κ2) is 7.92. The molecule has 0 aliphatic carbocycles. The van der Waals surface area contributed by atoms with Crippen LogP contribution in [0.25, 0.3) is 11.4 Å². The summed E-state index contributed by atoms with van der Waals surface area (Å²) in [5.74, 6) is 0.863. The van der Waals surface area contributed by atoms with Crippen molar-refractivity contribution in [3.8, 4) is 11.4 Å². The van der Waals surface area contributed by atoms with Crippen molar-refractivity contribution < 1.29 is 9.32 Å². The first-order chi connectivity index (χ1) is 12.8. The van der Waals surface area contributed by atoms with Gasteiger partial charge in [0.25, 0.3) is 5.91 Å². The molecular formula is C21H22ClN3O2. The van der Waals surface area contributed by atoms with Crippen LogP contribution in [0.2, 0.25) is 5.02 Å². The molecule has 0 fully saturated rings. The predicted octanol–water partition coefficient (Wildman–Crippen LogP) is 4.66. The van der Waals surface area contributed by atoms with Crippen LogP contribution in [0.3, 0.4) is 0 Å². The number of carbonyl (C=O) groups excluding carboxylic acids is 1. The molecule has 3 aromatic rings. The minimum atomic E-state index is -0.118. The second-order valence-corrected chi connectivity index (χ2v) is 7.79. The summed E-state index contributed by atoms with van der Waals surface area (Å²) < 4.78 is 5.24. The zero-order chi connectivity index (χ0) is 19.4. The summed E-state index contributed by atoms with van der Waals surface area (Å²) in [4.78, 5) is 16.6. The number of benzene rings is 2. The lowest BCUT2D eigenvalue weighted by Gasteiger charge is -2.19. The predicted molar refractivity (Wildman–Crippen MR) is 106 cm³/mol. The van der Waals surface area contributed by atoms with Gasteiger partial charge in [0.1, 0.15) is 0 Å². The standard InChI is InChI=1S/C21H22ClN3O2/c1-21(2,3)16-8-4-15(5-9-16)20(26)23-13-12-18-24-19(25-27-18)14-6-10-17(22)11-7-14/h4-11H,12-13H2,1-3H3,(H,23,26). The van der Waals surface area contributed by atoms with Gasteiger partial charge in [0.15, 0.2) is 0 Å². The molecule has 0 saturated heterocycles. The van der Waals surface area contributed by atoms with Crippen molar-refractivity contribution in [3.05, 3.63) is 70.6 Å². The molecule has 27 heavy (non-hydrogen) atoms. The first-order valence-corrected chi connectivity index (χ1v) is 9.18. The topological polar surface area (TPSA) is 68.0 Å². The lowest BCUT2D eigenvalue weighted by Crippen LogP contribution is -2.25. The third-order valence-corrected chi connectivity index (χ3v) is 4.46. The Morgan fingerprint density at radius 2 is 1.74 bits per heavy atom. The maximum absolute atomic E-state index is 12.3. The number of aromatic nitrogens is 2. The minimum Gasteiger partial charge on any atom is -0.352 e. The van der Waals surface area contributed by atoms with Crippen LogP contribution >= 0.6 is 11.6 Å². The molecule has 1 heterocycles. The Bertz CT molecular complexity index is 910. The number of halogens is 1. The summed E-state index contributed by atoms with van der Waals surface area (Å²) in [5.41, 5.74) is 2.72. The fourth-order valence-corrected chi connectivity index (χ4v) is 2.71. The number of carbonyl (C=O) groups is 1. The fourth-order valence-electron chi connectivity index (χ4n) is 2.58. The molecule has 6 heteroatoms. The molecule has 5 nitrogen and oxygen atoms in total. The number of nitrogens with one attached hydrogen (secondary N) is 1. The molecule has 0 saturated carbocycles. The van der Waals surface area contributed by atoms with E-state index in [1.165, 1.54) is 5.56 Å². The van der Waals surface area contributed by atoms with Gasteiger partial charge in [0.05, 0.1) is 0 Å². The molecule has 140 valence electrons. The zero-order valence-electron chi connectivity index (χ0n) is 15.6. The zero-order valence-corrected chi connectivity index (χ0v) is 16.4. The molecule has 1 amide bonds. The van der Waals surface area contributed by atoms with Crippen LogP contribution in [0.5, 0.6) is 0 Å². The summed E-state index contributed by atoms with van der Waals surface area (Å²) in [6.07, 6.45) is 0.465. The van der Waals surface area contributed by atoms with Gasteiger partial charge in [-0.3, -0.25) is 4.79 Å². The Morgan fingerprint density at radius 1 is 1.07 bits per heavy atom. The smallest absolute Gasteiger partial charge is 0.251 e. The monoisotopic (exact) mass is 383 g/mol. The van der Waals surface area contributed by atoms with Gasteiger partial charge in [0.2, 0.25) is 11.7 Å². The molecule has 0 spiro atoms. The highest BCUT2D eigenvalue weighted by Gasteiger charge is 2.14. The maximum atomic E-state index is 12.3. The molecule has 0 unspecified atom stereocenters. The first kappa shape index (κ1) is 19.1. The van der Waals surface area contributed by atoms with E-state index in [-0.39, 0.29) is 11.3 Å². The molecule has 0 radical (unpaired) electrons. The molecule has 3 rings (SSSR count). The number of amides is 1. The summed E-state index contributed by atoms with van der Waals surface area (Å²) in [6, 6.07) is 14.9. The Labute approximate surface area is 163 Å². The van der Waals surface area contributed by atoms with E-state index in [4.69, 9.17) is 16.1 Å². The highest BCUT2D eigenvalue weighted by Crippen LogP contribution is 2.22. The van der Waals surface area contributed by atoms with Crippen LogP contribution in [0.15, 0.2) is 53.1 Å². The van der Waals surface area contributed by atoms with E-state index in [1.54, 1.807) is 12.1 Å². The van der Waals surface area contributed by atoms with Crippen LogP contribution in [0.4, 0.5) is 0 Å². The van der Waals surface area contributed by atoms with Crippen molar-refractivity contribution in [1.29, 1.82) is 0 Å². The first-order valence-electron chi connectivity index (χ1n) is 8.80. The third-order valence-electron chi connectivity index (χ3n) is 4.21. The molecule has 1 N–H and O–H groups in total. The Balaban J connectivity index is 1.54. The van der Waals surface area contributed by atoms with Crippen molar-refractivity contribution in [1.82, 2.24) is 15.5 Å². The Hall–Kier alpha value is -2.66. The number of nitrogens with zero attached hydrogens (tertiary/aromatic N) is 2. The summed E-state index contributed by atoms with van der Waals surface area (Å²) in [6.45, 7) is 6.85. The normalized spacial score (nSPS) is 11.4. The fraction of sp³-hybridized carbons (Fsp3) is 0.286. The van der Waals surface area contributed by atoms with Gasteiger partial charge in [-0.25, -0.2) is 0 Å². The molecule has 0 atom stereocenters. The average Bonchev–Trinajstić information content (AvgIpc) is 3.10. The lowest BCUT2D eigenvalue weighted by atomic mass is 9.87. The van der Waals surface area contributed by atoms with E-state index in [0.29, 0.717) is 35.3 Å². The molecular weight excluding hydrogens is 362 g/mol. The summed E-state index contributed by atoms with van der Waals surface area (Å²) >= 11 is 5.88. The maximum Gasteiger partial charge on any atom is 0.251 e. The Morgan fingerprint density at radius 3 is 2.37 bits per heavy atom. The van der Waals surface area contributed by atoms with E-state index < -0.39 is 0 Å². The van der Waals surface area contributed by atoms with Gasteiger partial charge in [-0.05, 0) is 47.4 Å². The third kappa shape index (κ3) is 4.95. The largest absolute Gasteiger partial charge is 0.352 e. The molecule has 0 bridgehead atoms. The quantitative estimate of drug-likeness (QED) is 0.695. The second-order valence-electron chi connectivity index (χ2n) is 7.35. The lowest BCUT2D eigenvalue weighted by molar-refractivity contribution is 0.0953. The highest BCUT2D eigenvalue weighted by atomic mass is 35.5. The average molecular weight is 384 g/mol. The van der Waals surface area contributed by atoms with Crippen LogP contribution in [-0.4, -0.2) is 22.6 Å². The van der Waals surface area contributed by atoms with Gasteiger partial charge in [0, 0.05) is 29.1 Å². The van der Waals surface area contributed by atoms with Crippen molar-refractivity contribution in [2.24, 2.45) is 0 Å². The summed E-state index contributed by atoms with van der Waals surface area (Å²) in [5, 5.41) is 7.49. The van der Waals surface area contributed by atoms with Crippen molar-refractivity contribution >= 4 is 17.5 Å². The Kier molecular flexibility index (Phi) is 5.61. The summed E-state index contributed by atoms with van der Waals surface area (Å²) in [7, 11) is 0. The van der Waals surface area contributed by atoms with Gasteiger partial charge in [-0.1, -0.05) is 49.7 Å². The molecule has 0 aliphatic heterocycles. The van der Waals surface area contributed by atoms with E-state index in [0.717, 1.165) is 5.56 Å². The SMILES string of the molecule is CC(C)(C)c1ccc(C(=O)NCCc2nc(-c3ccc(Cl)cc3)no2)cc1. The van der Waals surface area contributed by atoms with Gasteiger partial charge in [-0.15, -0.1) is 0 Å².